The zero-order valence-corrected chi connectivity index (χ0v) is 24.7. The third kappa shape index (κ3) is 2.25. The molecule has 0 atom stereocenters. The van der Waals surface area contributed by atoms with Crippen molar-refractivity contribution in [2.75, 3.05) is 0 Å². The van der Waals surface area contributed by atoms with E-state index in [-0.39, 0.29) is 0 Å². The van der Waals surface area contributed by atoms with Crippen LogP contribution in [0.3, 0.4) is 0 Å². The Morgan fingerprint density at radius 1 is 0.152 bits per heavy atom. The molecule has 0 aromatic heterocycles. The Morgan fingerprint density at radius 2 is 0.413 bits per heavy atom. The minimum Gasteiger partial charge on any atom is -0.0616 e. The second kappa shape index (κ2) is 7.28. The summed E-state index contributed by atoms with van der Waals surface area (Å²) >= 11 is 0. The van der Waals surface area contributed by atoms with Gasteiger partial charge in [0.25, 0.3) is 0 Å². The van der Waals surface area contributed by atoms with Crippen LogP contribution in [0.1, 0.15) is 0 Å². The first-order valence-electron chi connectivity index (χ1n) is 16.3. The largest absolute Gasteiger partial charge is 0.0616 e. The molecule has 13 rings (SSSR count). The zero-order chi connectivity index (χ0) is 29.4. The Labute approximate surface area is 263 Å². The number of hydrogen-bond donors (Lipinski definition) is 0. The summed E-state index contributed by atoms with van der Waals surface area (Å²) in [5.74, 6) is 0. The zero-order valence-electron chi connectivity index (χ0n) is 24.7. The van der Waals surface area contributed by atoms with E-state index in [0.717, 1.165) is 0 Å². The Morgan fingerprint density at radius 3 is 0.804 bits per heavy atom. The minimum atomic E-state index is 1.35. The molecule has 0 heterocycles. The van der Waals surface area contributed by atoms with Crippen LogP contribution in [0, 0.1) is 0 Å². The van der Waals surface area contributed by atoms with Gasteiger partial charge in [0.1, 0.15) is 0 Å². The molecular weight excluding hydrogens is 553 g/mol. The van der Waals surface area contributed by atoms with Gasteiger partial charge in [0.15, 0.2) is 0 Å². The molecule has 0 fully saturated rings. The lowest BCUT2D eigenvalue weighted by Crippen LogP contribution is -1.93. The van der Waals surface area contributed by atoms with Crippen molar-refractivity contribution in [3.63, 3.8) is 0 Å². The highest BCUT2D eigenvalue weighted by atomic mass is 14.3. The first-order valence-corrected chi connectivity index (χ1v) is 16.3. The van der Waals surface area contributed by atoms with E-state index in [1.165, 1.54) is 131 Å². The number of rotatable bonds is 0. The maximum absolute atomic E-state index is 2.42. The average molecular weight is 575 g/mol. The van der Waals surface area contributed by atoms with E-state index in [2.05, 4.69) is 133 Å². The van der Waals surface area contributed by atoms with Crippen molar-refractivity contribution in [1.82, 2.24) is 0 Å². The highest BCUT2D eigenvalue weighted by molar-refractivity contribution is 6.49. The second-order valence-corrected chi connectivity index (χ2v) is 13.4. The summed E-state index contributed by atoms with van der Waals surface area (Å²) in [6, 6.07) is 51.1. The van der Waals surface area contributed by atoms with Crippen LogP contribution in [0.25, 0.3) is 131 Å². The number of benzene rings is 11. The third-order valence-corrected chi connectivity index (χ3v) is 11.6. The molecule has 0 amide bonds. The smallest absolute Gasteiger partial charge is 0.00134 e. The summed E-state index contributed by atoms with van der Waals surface area (Å²) in [7, 11) is 0. The van der Waals surface area contributed by atoms with E-state index in [0.29, 0.717) is 0 Å². The standard InChI is InChI=1S/C46H22/c1-3-9-25-23(7-1)29-15-17-33-27-11-5-14-36-41(27)45(37-21-19-31(25)39(29)43(33)37)35-13-6-12-28-34-18-16-30-24-8-2-4-10-26(24)32-20-22-38(44(34)40(30)32)46(36)42(28)35/h1-22H. The lowest BCUT2D eigenvalue weighted by molar-refractivity contribution is 1.70. The lowest BCUT2D eigenvalue weighted by Gasteiger charge is -2.22. The highest BCUT2D eigenvalue weighted by Gasteiger charge is 2.28. The van der Waals surface area contributed by atoms with Gasteiger partial charge in [0, 0.05) is 0 Å². The Hall–Kier alpha value is -5.98. The van der Waals surface area contributed by atoms with E-state index in [1.54, 1.807) is 0 Å². The molecule has 0 spiro atoms. The molecule has 46 heavy (non-hydrogen) atoms. The molecule has 0 heteroatoms. The predicted molar refractivity (Wildman–Crippen MR) is 198 cm³/mol. The van der Waals surface area contributed by atoms with Crippen LogP contribution in [0.5, 0.6) is 0 Å². The molecule has 2 aliphatic rings. The normalized spacial score (nSPS) is 13.2. The Kier molecular flexibility index (Phi) is 3.56. The fourth-order valence-electron chi connectivity index (χ4n) is 10.00. The summed E-state index contributed by atoms with van der Waals surface area (Å²) in [4.78, 5) is 0. The summed E-state index contributed by atoms with van der Waals surface area (Å²) in [6.07, 6.45) is 0. The van der Waals surface area contributed by atoms with E-state index < -0.39 is 0 Å². The fourth-order valence-corrected chi connectivity index (χ4v) is 10.00. The Bertz CT molecular complexity index is 2950. The molecule has 0 saturated heterocycles. The van der Waals surface area contributed by atoms with Gasteiger partial charge in [-0.3, -0.25) is 0 Å². The summed E-state index contributed by atoms with van der Waals surface area (Å²) < 4.78 is 0. The number of hydrogen-bond acceptors (Lipinski definition) is 0. The molecule has 0 unspecified atom stereocenters. The predicted octanol–water partition coefficient (Wildman–Crippen LogP) is 13.1. The van der Waals surface area contributed by atoms with Crippen molar-refractivity contribution in [1.29, 1.82) is 0 Å². The van der Waals surface area contributed by atoms with Crippen molar-refractivity contribution in [3.8, 4) is 44.5 Å². The molecule has 11 aromatic carbocycles. The van der Waals surface area contributed by atoms with Gasteiger partial charge in [-0.25, -0.2) is 0 Å². The van der Waals surface area contributed by atoms with Gasteiger partial charge in [-0.2, -0.15) is 0 Å². The van der Waals surface area contributed by atoms with Gasteiger partial charge < -0.3 is 0 Å². The van der Waals surface area contributed by atoms with Crippen molar-refractivity contribution >= 4 is 86.2 Å². The van der Waals surface area contributed by atoms with Crippen LogP contribution >= 0.6 is 0 Å². The minimum absolute atomic E-state index is 1.35. The SMILES string of the molecule is c1ccc2c(c1)-c1ccc3c4cccc5c4c(c4ccc-2c1c34)c1cccc2c3ccc4c6c(ccc(c63)c5c21)-c1ccccc1-4. The first kappa shape index (κ1) is 22.5. The van der Waals surface area contributed by atoms with Crippen LogP contribution in [0.4, 0.5) is 0 Å². The monoisotopic (exact) mass is 574 g/mol. The van der Waals surface area contributed by atoms with Crippen LogP contribution in [-0.4, -0.2) is 0 Å². The quantitative estimate of drug-likeness (QED) is 0.125. The maximum atomic E-state index is 2.42. The molecule has 0 nitrogen and oxygen atoms in total. The lowest BCUT2D eigenvalue weighted by atomic mass is 9.81. The molecule has 0 N–H and O–H groups in total. The maximum Gasteiger partial charge on any atom is -0.00134 e. The average Bonchev–Trinajstić information content (AvgIpc) is 3.63. The molecule has 0 saturated carbocycles. The van der Waals surface area contributed by atoms with Gasteiger partial charge in [-0.05, 0) is 131 Å². The van der Waals surface area contributed by atoms with Crippen LogP contribution in [0.2, 0.25) is 0 Å². The van der Waals surface area contributed by atoms with E-state index in [9.17, 15) is 0 Å². The summed E-state index contributed by atoms with van der Waals surface area (Å²) in [5, 5.41) is 22.1. The second-order valence-electron chi connectivity index (χ2n) is 13.4. The van der Waals surface area contributed by atoms with Crippen LogP contribution < -0.4 is 0 Å². The van der Waals surface area contributed by atoms with Gasteiger partial charge in [0.2, 0.25) is 0 Å². The molecule has 0 radical (unpaired) electrons. The molecule has 2 aliphatic carbocycles. The summed E-state index contributed by atoms with van der Waals surface area (Å²) in [5.41, 5.74) is 10.9. The molecule has 0 aliphatic heterocycles. The van der Waals surface area contributed by atoms with E-state index in [1.807, 2.05) is 0 Å². The van der Waals surface area contributed by atoms with Crippen molar-refractivity contribution in [3.05, 3.63) is 133 Å². The first-order chi connectivity index (χ1) is 22.9. The third-order valence-electron chi connectivity index (χ3n) is 11.6. The number of fused-ring (bicyclic) bond motifs is 12. The van der Waals surface area contributed by atoms with Crippen molar-refractivity contribution in [2.24, 2.45) is 0 Å². The molecule has 206 valence electrons. The van der Waals surface area contributed by atoms with E-state index >= 15 is 0 Å². The van der Waals surface area contributed by atoms with Gasteiger partial charge >= 0.3 is 0 Å². The molecule has 11 aromatic rings. The van der Waals surface area contributed by atoms with Gasteiger partial charge in [0.05, 0.1) is 0 Å². The highest BCUT2D eigenvalue weighted by Crippen LogP contribution is 2.56. The van der Waals surface area contributed by atoms with Gasteiger partial charge in [-0.1, -0.05) is 133 Å². The fraction of sp³-hybridized carbons (Fsp3) is 0. The van der Waals surface area contributed by atoms with Crippen LogP contribution in [0.15, 0.2) is 133 Å². The van der Waals surface area contributed by atoms with E-state index in [4.69, 9.17) is 0 Å². The summed E-state index contributed by atoms with van der Waals surface area (Å²) in [6.45, 7) is 0. The van der Waals surface area contributed by atoms with Gasteiger partial charge in [-0.15, -0.1) is 0 Å². The topological polar surface area (TPSA) is 0 Å². The Balaban J connectivity index is 1.32. The molecular formula is C46H22. The molecule has 0 bridgehead atoms. The van der Waals surface area contributed by atoms with Crippen LogP contribution in [-0.2, 0) is 0 Å². The van der Waals surface area contributed by atoms with Crippen molar-refractivity contribution in [2.45, 2.75) is 0 Å². The van der Waals surface area contributed by atoms with Crippen molar-refractivity contribution < 1.29 is 0 Å².